The van der Waals surface area contributed by atoms with Gasteiger partial charge in [0.15, 0.2) is 0 Å². The Morgan fingerprint density at radius 2 is 1.44 bits per heavy atom. The van der Waals surface area contributed by atoms with Crippen molar-refractivity contribution < 1.29 is 14.7 Å². The molecular formula is C30H31N3O3. The Kier molecular flexibility index (Phi) is 6.37. The molecule has 2 aliphatic heterocycles. The number of likely N-dealkylation sites (N-methyl/N-ethyl adjacent to an activating group) is 1. The molecule has 0 bridgehead atoms. The molecule has 1 unspecified atom stereocenters. The normalized spacial score (nSPS) is 20.2. The van der Waals surface area contributed by atoms with E-state index in [2.05, 4.69) is 16.8 Å². The maximum atomic E-state index is 13.4. The average Bonchev–Trinajstić information content (AvgIpc) is 3.15. The van der Waals surface area contributed by atoms with Crippen molar-refractivity contribution in [3.63, 3.8) is 0 Å². The van der Waals surface area contributed by atoms with E-state index in [1.165, 1.54) is 4.90 Å². The number of hydrogen-bond donors (Lipinski definition) is 1. The molecule has 6 heteroatoms. The van der Waals surface area contributed by atoms with Crippen LogP contribution in [0.4, 0.5) is 11.4 Å². The first-order valence-electron chi connectivity index (χ1n) is 12.3. The number of Topliss-reactive ketones (excluding diaryl/α,β-unsaturated/α-hetero) is 1. The highest BCUT2D eigenvalue weighted by molar-refractivity contribution is 6.51. The molecule has 2 heterocycles. The van der Waals surface area contributed by atoms with Crippen molar-refractivity contribution in [3.05, 3.63) is 101 Å². The summed E-state index contributed by atoms with van der Waals surface area (Å²) in [5, 5.41) is 11.3. The van der Waals surface area contributed by atoms with Gasteiger partial charge in [-0.25, -0.2) is 0 Å². The maximum Gasteiger partial charge on any atom is 0.300 e. The number of amides is 1. The SMILES string of the molecule is Cc1ccc(/C(O)=C2\C(=O)C(=O)N(c3ccc(N4CCN(C)CC4)cc3)C2c2cccc(C)c2)cc1. The highest BCUT2D eigenvalue weighted by Gasteiger charge is 2.47. The molecule has 1 N–H and O–H groups in total. The van der Waals surface area contributed by atoms with Crippen molar-refractivity contribution in [2.75, 3.05) is 43.0 Å². The van der Waals surface area contributed by atoms with Crippen molar-refractivity contribution in [2.24, 2.45) is 0 Å². The third kappa shape index (κ3) is 4.40. The first-order chi connectivity index (χ1) is 17.3. The Morgan fingerprint density at radius 3 is 2.08 bits per heavy atom. The molecule has 0 aliphatic carbocycles. The van der Waals surface area contributed by atoms with Gasteiger partial charge < -0.3 is 14.9 Å². The molecule has 0 aromatic heterocycles. The molecule has 5 rings (SSSR count). The molecule has 2 saturated heterocycles. The predicted octanol–water partition coefficient (Wildman–Crippen LogP) is 4.68. The number of rotatable bonds is 4. The summed E-state index contributed by atoms with van der Waals surface area (Å²) in [6, 6.07) is 22.1. The number of piperazine rings is 1. The number of carbonyl (C=O) groups is 2. The summed E-state index contributed by atoms with van der Waals surface area (Å²) in [4.78, 5) is 32.9. The number of ketones is 1. The fourth-order valence-corrected chi connectivity index (χ4v) is 5.01. The van der Waals surface area contributed by atoms with Gasteiger partial charge in [0.05, 0.1) is 11.6 Å². The van der Waals surface area contributed by atoms with Crippen LogP contribution in [0.3, 0.4) is 0 Å². The highest BCUT2D eigenvalue weighted by atomic mass is 16.3. The minimum Gasteiger partial charge on any atom is -0.507 e. The second kappa shape index (κ2) is 9.63. The van der Waals surface area contributed by atoms with Crippen LogP contribution >= 0.6 is 0 Å². The van der Waals surface area contributed by atoms with Gasteiger partial charge in [-0.05, 0) is 50.7 Å². The number of hydrogen-bond acceptors (Lipinski definition) is 5. The van der Waals surface area contributed by atoms with E-state index in [1.807, 2.05) is 74.5 Å². The lowest BCUT2D eigenvalue weighted by Gasteiger charge is -2.34. The van der Waals surface area contributed by atoms with Crippen molar-refractivity contribution >= 4 is 28.8 Å². The predicted molar refractivity (Wildman–Crippen MR) is 143 cm³/mol. The van der Waals surface area contributed by atoms with Gasteiger partial charge in [-0.1, -0.05) is 59.7 Å². The number of anilines is 2. The monoisotopic (exact) mass is 481 g/mol. The number of carbonyl (C=O) groups excluding carboxylic acids is 2. The molecule has 6 nitrogen and oxygen atoms in total. The number of aliphatic hydroxyl groups excluding tert-OH is 1. The zero-order chi connectivity index (χ0) is 25.4. The van der Waals surface area contributed by atoms with E-state index in [0.29, 0.717) is 11.3 Å². The Balaban J connectivity index is 1.58. The van der Waals surface area contributed by atoms with E-state index in [1.54, 1.807) is 12.1 Å². The zero-order valence-electron chi connectivity index (χ0n) is 20.9. The van der Waals surface area contributed by atoms with Crippen molar-refractivity contribution in [2.45, 2.75) is 19.9 Å². The molecule has 3 aromatic rings. The van der Waals surface area contributed by atoms with Gasteiger partial charge in [0.25, 0.3) is 11.7 Å². The van der Waals surface area contributed by atoms with Gasteiger partial charge >= 0.3 is 0 Å². The second-order valence-corrected chi connectivity index (χ2v) is 9.76. The summed E-state index contributed by atoms with van der Waals surface area (Å²) in [7, 11) is 2.12. The van der Waals surface area contributed by atoms with Crippen molar-refractivity contribution in [3.8, 4) is 0 Å². The van der Waals surface area contributed by atoms with E-state index in [4.69, 9.17) is 0 Å². The quantitative estimate of drug-likeness (QED) is 0.333. The van der Waals surface area contributed by atoms with Gasteiger partial charge in [0.1, 0.15) is 5.76 Å². The number of aliphatic hydroxyl groups is 1. The van der Waals surface area contributed by atoms with Crippen LogP contribution in [0.25, 0.3) is 5.76 Å². The maximum absolute atomic E-state index is 13.4. The van der Waals surface area contributed by atoms with Gasteiger partial charge in [0.2, 0.25) is 0 Å². The number of aryl methyl sites for hydroxylation is 2. The largest absolute Gasteiger partial charge is 0.507 e. The average molecular weight is 482 g/mol. The van der Waals surface area contributed by atoms with E-state index < -0.39 is 17.7 Å². The number of benzene rings is 3. The summed E-state index contributed by atoms with van der Waals surface area (Å²) >= 11 is 0. The van der Waals surface area contributed by atoms with Crippen LogP contribution in [0.5, 0.6) is 0 Å². The second-order valence-electron chi connectivity index (χ2n) is 9.76. The van der Waals surface area contributed by atoms with Gasteiger partial charge in [-0.2, -0.15) is 0 Å². The first kappa shape index (κ1) is 23.8. The van der Waals surface area contributed by atoms with E-state index in [0.717, 1.165) is 48.6 Å². The van der Waals surface area contributed by atoms with Gasteiger partial charge in [-0.3, -0.25) is 14.5 Å². The van der Waals surface area contributed by atoms with Gasteiger partial charge in [0, 0.05) is 43.1 Å². The molecule has 1 amide bonds. The Morgan fingerprint density at radius 1 is 0.806 bits per heavy atom. The minimum absolute atomic E-state index is 0.109. The summed E-state index contributed by atoms with van der Waals surface area (Å²) < 4.78 is 0. The highest BCUT2D eigenvalue weighted by Crippen LogP contribution is 2.42. The van der Waals surface area contributed by atoms with Crippen LogP contribution < -0.4 is 9.80 Å². The van der Waals surface area contributed by atoms with Crippen molar-refractivity contribution in [1.29, 1.82) is 0 Å². The fraction of sp³-hybridized carbons (Fsp3) is 0.267. The molecule has 36 heavy (non-hydrogen) atoms. The summed E-state index contributed by atoms with van der Waals surface area (Å²) in [6.07, 6.45) is 0. The lowest BCUT2D eigenvalue weighted by atomic mass is 9.94. The summed E-state index contributed by atoms with van der Waals surface area (Å²) in [5.74, 6) is -1.47. The van der Waals surface area contributed by atoms with Crippen molar-refractivity contribution in [1.82, 2.24) is 4.90 Å². The van der Waals surface area contributed by atoms with E-state index in [-0.39, 0.29) is 11.3 Å². The van der Waals surface area contributed by atoms with Crippen LogP contribution in [0.2, 0.25) is 0 Å². The van der Waals surface area contributed by atoms with Crippen LogP contribution in [-0.4, -0.2) is 54.9 Å². The standard InChI is InChI=1S/C30H31N3O3/c1-20-7-9-22(10-8-20)28(34)26-27(23-6-4-5-21(2)19-23)33(30(36)29(26)35)25-13-11-24(12-14-25)32-17-15-31(3)16-18-32/h4-14,19,27,34H,15-18H2,1-3H3/b28-26+. The number of nitrogens with zero attached hydrogens (tertiary/aromatic N) is 3. The molecule has 0 saturated carbocycles. The molecule has 2 aliphatic rings. The van der Waals surface area contributed by atoms with Crippen LogP contribution in [-0.2, 0) is 9.59 Å². The molecule has 1 atom stereocenters. The first-order valence-corrected chi connectivity index (χ1v) is 12.3. The molecule has 0 radical (unpaired) electrons. The molecule has 184 valence electrons. The lowest BCUT2D eigenvalue weighted by Crippen LogP contribution is -2.44. The minimum atomic E-state index is -0.722. The molecule has 3 aromatic carbocycles. The molecule has 0 spiro atoms. The topological polar surface area (TPSA) is 64.1 Å². The van der Waals surface area contributed by atoms with Crippen LogP contribution in [0, 0.1) is 13.8 Å². The smallest absolute Gasteiger partial charge is 0.300 e. The molecular weight excluding hydrogens is 450 g/mol. The Labute approximate surface area is 212 Å². The Bertz CT molecular complexity index is 1320. The van der Waals surface area contributed by atoms with Gasteiger partial charge in [-0.15, -0.1) is 0 Å². The van der Waals surface area contributed by atoms with Crippen LogP contribution in [0.1, 0.15) is 28.3 Å². The third-order valence-corrected chi connectivity index (χ3v) is 7.12. The summed E-state index contributed by atoms with van der Waals surface area (Å²) in [6.45, 7) is 7.83. The third-order valence-electron chi connectivity index (χ3n) is 7.12. The van der Waals surface area contributed by atoms with E-state index >= 15 is 0 Å². The van der Waals surface area contributed by atoms with Crippen LogP contribution in [0.15, 0.2) is 78.4 Å². The van der Waals surface area contributed by atoms with E-state index in [9.17, 15) is 14.7 Å². The lowest BCUT2D eigenvalue weighted by molar-refractivity contribution is -0.132. The fourth-order valence-electron chi connectivity index (χ4n) is 5.01. The molecule has 2 fully saturated rings. The summed E-state index contributed by atoms with van der Waals surface area (Å²) in [5.41, 5.74) is 5.19. The Hall–Kier alpha value is -3.90. The zero-order valence-corrected chi connectivity index (χ0v) is 20.9.